The minimum absolute atomic E-state index is 0.0130. The summed E-state index contributed by atoms with van der Waals surface area (Å²) in [6, 6.07) is 5.40. The molecule has 2 rings (SSSR count). The summed E-state index contributed by atoms with van der Waals surface area (Å²) in [5, 5.41) is 0. The standard InChI is InChI=1S/C16H18O5/c1-10-4-5-13(8-11(10)2)15(17)12(3)21-16(18)14-9-19-6-7-20-14/h4-5,8-9,12H,6-7H2,1-3H3/t12-/m0/s1. The summed E-state index contributed by atoms with van der Waals surface area (Å²) in [6.45, 7) is 6.13. The minimum atomic E-state index is -0.883. The first-order chi connectivity index (χ1) is 9.99. The molecular formula is C16H18O5. The molecule has 0 aromatic heterocycles. The molecule has 0 bridgehead atoms. The highest BCUT2D eigenvalue weighted by Gasteiger charge is 2.24. The van der Waals surface area contributed by atoms with Gasteiger partial charge in [-0.2, -0.15) is 0 Å². The van der Waals surface area contributed by atoms with Crippen molar-refractivity contribution in [2.24, 2.45) is 0 Å². The molecule has 1 aliphatic rings. The van der Waals surface area contributed by atoms with Crippen LogP contribution < -0.4 is 0 Å². The van der Waals surface area contributed by atoms with Crippen molar-refractivity contribution in [3.63, 3.8) is 0 Å². The number of ether oxygens (including phenoxy) is 3. The fourth-order valence-corrected chi connectivity index (χ4v) is 1.88. The lowest BCUT2D eigenvalue weighted by molar-refractivity contribution is -0.147. The molecule has 0 radical (unpaired) electrons. The lowest BCUT2D eigenvalue weighted by Crippen LogP contribution is -2.27. The molecule has 0 aliphatic carbocycles. The molecule has 1 aromatic rings. The highest BCUT2D eigenvalue weighted by molar-refractivity contribution is 6.01. The molecule has 1 heterocycles. The molecule has 0 fully saturated rings. The van der Waals surface area contributed by atoms with Crippen LogP contribution in [-0.2, 0) is 19.0 Å². The lowest BCUT2D eigenvalue weighted by atomic mass is 10.0. The number of hydrogen-bond donors (Lipinski definition) is 0. The molecule has 21 heavy (non-hydrogen) atoms. The quantitative estimate of drug-likeness (QED) is 0.629. The van der Waals surface area contributed by atoms with Crippen molar-refractivity contribution in [3.05, 3.63) is 46.9 Å². The molecule has 1 aromatic carbocycles. The Hall–Kier alpha value is -2.30. The first kappa shape index (κ1) is 15.1. The van der Waals surface area contributed by atoms with E-state index in [4.69, 9.17) is 14.2 Å². The van der Waals surface area contributed by atoms with Gasteiger partial charge in [0.2, 0.25) is 11.5 Å². The Bertz CT molecular complexity index is 588. The summed E-state index contributed by atoms with van der Waals surface area (Å²) < 4.78 is 15.2. The van der Waals surface area contributed by atoms with Gasteiger partial charge in [-0.1, -0.05) is 12.1 Å². The second kappa shape index (κ2) is 6.43. The van der Waals surface area contributed by atoms with Gasteiger partial charge in [-0.15, -0.1) is 0 Å². The van der Waals surface area contributed by atoms with Crippen LogP contribution in [-0.4, -0.2) is 31.1 Å². The van der Waals surface area contributed by atoms with Crippen molar-refractivity contribution in [1.82, 2.24) is 0 Å². The summed E-state index contributed by atoms with van der Waals surface area (Å²) in [7, 11) is 0. The highest BCUT2D eigenvalue weighted by Crippen LogP contribution is 2.14. The largest absolute Gasteiger partial charge is 0.493 e. The molecule has 0 unspecified atom stereocenters. The van der Waals surface area contributed by atoms with Gasteiger partial charge >= 0.3 is 5.97 Å². The minimum Gasteiger partial charge on any atom is -0.493 e. The smallest absolute Gasteiger partial charge is 0.377 e. The van der Waals surface area contributed by atoms with E-state index in [1.807, 2.05) is 19.9 Å². The average molecular weight is 290 g/mol. The van der Waals surface area contributed by atoms with Crippen molar-refractivity contribution >= 4 is 11.8 Å². The first-order valence-electron chi connectivity index (χ1n) is 6.76. The molecule has 0 amide bonds. The second-order valence-electron chi connectivity index (χ2n) is 4.91. The zero-order valence-corrected chi connectivity index (χ0v) is 12.3. The molecule has 5 heteroatoms. The highest BCUT2D eigenvalue weighted by atomic mass is 16.6. The van der Waals surface area contributed by atoms with Gasteiger partial charge < -0.3 is 14.2 Å². The SMILES string of the molecule is Cc1ccc(C(=O)[C@H](C)OC(=O)C2=COCCO2)cc1C. The summed E-state index contributed by atoms with van der Waals surface area (Å²) in [6.07, 6.45) is 0.324. The molecule has 0 saturated carbocycles. The van der Waals surface area contributed by atoms with E-state index >= 15 is 0 Å². The van der Waals surface area contributed by atoms with Crippen LogP contribution in [0, 0.1) is 13.8 Å². The maximum Gasteiger partial charge on any atom is 0.377 e. The Morgan fingerprint density at radius 2 is 1.95 bits per heavy atom. The number of carbonyl (C=O) groups excluding carboxylic acids is 2. The fraction of sp³-hybridized carbons (Fsp3) is 0.375. The van der Waals surface area contributed by atoms with Gasteiger partial charge in [-0.25, -0.2) is 4.79 Å². The number of esters is 1. The number of Topliss-reactive ketones (excluding diaryl/α,β-unsaturated/α-hetero) is 1. The predicted octanol–water partition coefficient (Wildman–Crippen LogP) is 2.31. The Labute approximate surface area is 123 Å². The summed E-state index contributed by atoms with van der Waals surface area (Å²) in [4.78, 5) is 24.1. The maximum absolute atomic E-state index is 12.3. The molecule has 5 nitrogen and oxygen atoms in total. The van der Waals surface area contributed by atoms with E-state index in [-0.39, 0.29) is 11.5 Å². The maximum atomic E-state index is 12.3. The van der Waals surface area contributed by atoms with Gasteiger partial charge in [-0.05, 0) is 38.0 Å². The van der Waals surface area contributed by atoms with Gasteiger partial charge in [-0.3, -0.25) is 4.79 Å². The Morgan fingerprint density at radius 1 is 1.19 bits per heavy atom. The van der Waals surface area contributed by atoms with Crippen LogP contribution in [0.15, 0.2) is 30.2 Å². The number of benzene rings is 1. The van der Waals surface area contributed by atoms with Gasteiger partial charge in [0.25, 0.3) is 0 Å². The van der Waals surface area contributed by atoms with E-state index in [9.17, 15) is 9.59 Å². The second-order valence-corrected chi connectivity index (χ2v) is 4.91. The Kier molecular flexibility index (Phi) is 4.62. The van der Waals surface area contributed by atoms with E-state index < -0.39 is 12.1 Å². The first-order valence-corrected chi connectivity index (χ1v) is 6.76. The molecule has 0 spiro atoms. The number of carbonyl (C=O) groups is 2. The number of hydrogen-bond acceptors (Lipinski definition) is 5. The molecule has 0 N–H and O–H groups in total. The van der Waals surface area contributed by atoms with Crippen molar-refractivity contribution in [3.8, 4) is 0 Å². The van der Waals surface area contributed by atoms with Crippen molar-refractivity contribution in [2.45, 2.75) is 26.9 Å². The van der Waals surface area contributed by atoms with Crippen LogP contribution in [0.5, 0.6) is 0 Å². The van der Waals surface area contributed by atoms with Crippen LogP contribution >= 0.6 is 0 Å². The van der Waals surface area contributed by atoms with E-state index in [1.165, 1.54) is 6.26 Å². The van der Waals surface area contributed by atoms with Crippen LogP contribution in [0.1, 0.15) is 28.4 Å². The number of aryl methyl sites for hydroxylation is 2. The third-order valence-corrected chi connectivity index (χ3v) is 3.29. The molecule has 1 aliphatic heterocycles. The fourth-order valence-electron chi connectivity index (χ4n) is 1.88. The Morgan fingerprint density at radius 3 is 2.57 bits per heavy atom. The average Bonchev–Trinajstić information content (AvgIpc) is 2.50. The normalized spacial score (nSPS) is 15.3. The van der Waals surface area contributed by atoms with Gasteiger partial charge in [0, 0.05) is 5.56 Å². The summed E-state index contributed by atoms with van der Waals surface area (Å²) in [5.74, 6) is -0.954. The van der Waals surface area contributed by atoms with Crippen LogP contribution in [0.25, 0.3) is 0 Å². The molecule has 112 valence electrons. The van der Waals surface area contributed by atoms with E-state index in [0.29, 0.717) is 18.8 Å². The van der Waals surface area contributed by atoms with Crippen LogP contribution in [0.3, 0.4) is 0 Å². The zero-order valence-electron chi connectivity index (χ0n) is 12.3. The number of ketones is 1. The van der Waals surface area contributed by atoms with Crippen molar-refractivity contribution in [1.29, 1.82) is 0 Å². The lowest BCUT2D eigenvalue weighted by Gasteiger charge is -2.17. The summed E-state index contributed by atoms with van der Waals surface area (Å²) >= 11 is 0. The molecule has 1 atom stereocenters. The van der Waals surface area contributed by atoms with Crippen LogP contribution in [0.4, 0.5) is 0 Å². The monoisotopic (exact) mass is 290 g/mol. The van der Waals surface area contributed by atoms with Crippen molar-refractivity contribution in [2.75, 3.05) is 13.2 Å². The van der Waals surface area contributed by atoms with Gasteiger partial charge in [0.1, 0.15) is 19.5 Å². The van der Waals surface area contributed by atoms with Crippen LogP contribution in [0.2, 0.25) is 0 Å². The molecule has 0 saturated heterocycles. The van der Waals surface area contributed by atoms with E-state index in [0.717, 1.165) is 11.1 Å². The van der Waals surface area contributed by atoms with Gasteiger partial charge in [0.15, 0.2) is 6.10 Å². The molecular weight excluding hydrogens is 272 g/mol. The Balaban J connectivity index is 2.03. The predicted molar refractivity (Wildman–Crippen MR) is 75.8 cm³/mol. The number of rotatable bonds is 4. The van der Waals surface area contributed by atoms with E-state index in [2.05, 4.69) is 0 Å². The van der Waals surface area contributed by atoms with Crippen molar-refractivity contribution < 1.29 is 23.8 Å². The van der Waals surface area contributed by atoms with Gasteiger partial charge in [0.05, 0.1) is 0 Å². The third kappa shape index (κ3) is 3.62. The van der Waals surface area contributed by atoms with E-state index in [1.54, 1.807) is 19.1 Å². The third-order valence-electron chi connectivity index (χ3n) is 3.29. The summed E-state index contributed by atoms with van der Waals surface area (Å²) in [5.41, 5.74) is 2.65. The topological polar surface area (TPSA) is 61.8 Å². The zero-order chi connectivity index (χ0) is 15.4.